The Bertz CT molecular complexity index is 882. The average Bonchev–Trinajstić information content (AvgIpc) is 3.20. The standard InChI is InChI=1S/C15H10ClN5OS/c1-2-7-21-14(12-4-3-8-22-12)19-20-15(21)23-13-6-5-10(16)11(9-17)18-13/h2-6,8H,1,7H2. The van der Waals surface area contributed by atoms with Crippen molar-refractivity contribution < 1.29 is 4.42 Å². The summed E-state index contributed by atoms with van der Waals surface area (Å²) >= 11 is 7.19. The maximum absolute atomic E-state index is 9.01. The van der Waals surface area contributed by atoms with E-state index in [4.69, 9.17) is 21.3 Å². The largest absolute Gasteiger partial charge is 0.461 e. The van der Waals surface area contributed by atoms with Gasteiger partial charge in [-0.1, -0.05) is 17.7 Å². The third-order valence-electron chi connectivity index (χ3n) is 2.89. The number of nitrogens with zero attached hydrogens (tertiary/aromatic N) is 5. The highest BCUT2D eigenvalue weighted by molar-refractivity contribution is 7.99. The van der Waals surface area contributed by atoms with E-state index in [2.05, 4.69) is 21.8 Å². The van der Waals surface area contributed by atoms with E-state index in [1.165, 1.54) is 11.8 Å². The Balaban J connectivity index is 1.97. The molecule has 0 aromatic carbocycles. The van der Waals surface area contributed by atoms with Gasteiger partial charge in [-0.15, -0.1) is 16.8 Å². The zero-order valence-corrected chi connectivity index (χ0v) is 13.4. The monoisotopic (exact) mass is 343 g/mol. The van der Waals surface area contributed by atoms with Crippen molar-refractivity contribution in [3.63, 3.8) is 0 Å². The van der Waals surface area contributed by atoms with E-state index in [0.717, 1.165) is 0 Å². The van der Waals surface area contributed by atoms with Gasteiger partial charge in [-0.2, -0.15) is 5.26 Å². The van der Waals surface area contributed by atoms with Crippen molar-refractivity contribution in [1.82, 2.24) is 19.7 Å². The van der Waals surface area contributed by atoms with Crippen molar-refractivity contribution in [3.8, 4) is 17.7 Å². The Labute approximate surface area is 141 Å². The SMILES string of the molecule is C=CCn1c(Sc2ccc(Cl)c(C#N)n2)nnc1-c1ccco1. The molecule has 0 N–H and O–H groups in total. The first-order valence-electron chi connectivity index (χ1n) is 6.55. The van der Waals surface area contributed by atoms with Crippen molar-refractivity contribution in [2.75, 3.05) is 0 Å². The van der Waals surface area contributed by atoms with Crippen LogP contribution in [0.1, 0.15) is 5.69 Å². The molecule has 0 aliphatic rings. The quantitative estimate of drug-likeness (QED) is 0.655. The van der Waals surface area contributed by atoms with Crippen LogP contribution in [0.3, 0.4) is 0 Å². The van der Waals surface area contributed by atoms with E-state index >= 15 is 0 Å². The maximum atomic E-state index is 9.01. The number of hydrogen-bond donors (Lipinski definition) is 0. The van der Waals surface area contributed by atoms with Gasteiger partial charge in [0, 0.05) is 6.54 Å². The second-order valence-corrected chi connectivity index (χ2v) is 5.77. The summed E-state index contributed by atoms with van der Waals surface area (Å²) in [5, 5.41) is 18.9. The minimum absolute atomic E-state index is 0.178. The second-order valence-electron chi connectivity index (χ2n) is 4.38. The minimum atomic E-state index is 0.178. The predicted octanol–water partition coefficient (Wildman–Crippen LogP) is 3.80. The van der Waals surface area contributed by atoms with Gasteiger partial charge in [-0.05, 0) is 36.0 Å². The second kappa shape index (κ2) is 6.69. The number of aromatic nitrogens is 4. The Kier molecular flexibility index (Phi) is 4.46. The normalized spacial score (nSPS) is 10.4. The van der Waals surface area contributed by atoms with Gasteiger partial charge < -0.3 is 4.42 Å². The molecule has 3 aromatic heterocycles. The number of furan rings is 1. The van der Waals surface area contributed by atoms with E-state index < -0.39 is 0 Å². The molecule has 3 aromatic rings. The number of rotatable bonds is 5. The van der Waals surface area contributed by atoms with Gasteiger partial charge in [0.15, 0.2) is 16.6 Å². The highest BCUT2D eigenvalue weighted by Gasteiger charge is 2.17. The van der Waals surface area contributed by atoms with Crippen LogP contribution >= 0.6 is 23.4 Å². The lowest BCUT2D eigenvalue weighted by Crippen LogP contribution is -2.00. The van der Waals surface area contributed by atoms with Crippen LogP contribution in [0.5, 0.6) is 0 Å². The summed E-state index contributed by atoms with van der Waals surface area (Å²) in [5.41, 5.74) is 0.178. The smallest absolute Gasteiger partial charge is 0.200 e. The summed E-state index contributed by atoms with van der Waals surface area (Å²) in [6.07, 6.45) is 3.32. The van der Waals surface area contributed by atoms with Crippen LogP contribution < -0.4 is 0 Å². The van der Waals surface area contributed by atoms with Gasteiger partial charge in [0.05, 0.1) is 11.3 Å². The molecule has 0 radical (unpaired) electrons. The summed E-state index contributed by atoms with van der Waals surface area (Å²) < 4.78 is 7.24. The molecule has 3 heterocycles. The van der Waals surface area contributed by atoms with E-state index in [1.807, 2.05) is 16.7 Å². The van der Waals surface area contributed by atoms with Gasteiger partial charge in [0.1, 0.15) is 11.1 Å². The molecule has 3 rings (SSSR count). The summed E-state index contributed by atoms with van der Waals surface area (Å²) in [6.45, 7) is 4.27. The van der Waals surface area contributed by atoms with Crippen molar-refractivity contribution in [2.45, 2.75) is 16.7 Å². The third kappa shape index (κ3) is 3.13. The number of allylic oxidation sites excluding steroid dienone is 1. The molecule has 0 bridgehead atoms. The Morgan fingerprint density at radius 3 is 2.96 bits per heavy atom. The molecule has 6 nitrogen and oxygen atoms in total. The van der Waals surface area contributed by atoms with Crippen molar-refractivity contribution in [1.29, 1.82) is 5.26 Å². The van der Waals surface area contributed by atoms with Gasteiger partial charge in [-0.3, -0.25) is 4.57 Å². The molecular weight excluding hydrogens is 334 g/mol. The van der Waals surface area contributed by atoms with Crippen LogP contribution in [-0.4, -0.2) is 19.7 Å². The lowest BCUT2D eigenvalue weighted by molar-refractivity contribution is 0.569. The number of nitriles is 1. The van der Waals surface area contributed by atoms with Crippen LogP contribution in [0.2, 0.25) is 5.02 Å². The van der Waals surface area contributed by atoms with Gasteiger partial charge in [0.2, 0.25) is 5.82 Å². The summed E-state index contributed by atoms with van der Waals surface area (Å²) in [5.74, 6) is 1.22. The fraction of sp³-hybridized carbons (Fsp3) is 0.0667. The summed E-state index contributed by atoms with van der Waals surface area (Å²) in [6, 6.07) is 8.92. The first-order chi connectivity index (χ1) is 11.2. The Morgan fingerprint density at radius 1 is 1.39 bits per heavy atom. The molecule has 0 spiro atoms. The van der Waals surface area contributed by atoms with E-state index in [9.17, 15) is 0 Å². The number of pyridine rings is 1. The van der Waals surface area contributed by atoms with Crippen LogP contribution in [0.15, 0.2) is 57.8 Å². The first kappa shape index (κ1) is 15.3. The van der Waals surface area contributed by atoms with Gasteiger partial charge in [-0.25, -0.2) is 4.98 Å². The topological polar surface area (TPSA) is 80.5 Å². The van der Waals surface area contributed by atoms with Crippen molar-refractivity contribution in [3.05, 3.63) is 53.9 Å². The van der Waals surface area contributed by atoms with Crippen molar-refractivity contribution in [2.24, 2.45) is 0 Å². The minimum Gasteiger partial charge on any atom is -0.461 e. The molecule has 0 aliphatic carbocycles. The summed E-state index contributed by atoms with van der Waals surface area (Å²) in [7, 11) is 0. The lowest BCUT2D eigenvalue weighted by atomic mass is 10.4. The Morgan fingerprint density at radius 2 is 2.26 bits per heavy atom. The maximum Gasteiger partial charge on any atom is 0.200 e. The highest BCUT2D eigenvalue weighted by Crippen LogP contribution is 2.30. The van der Waals surface area contributed by atoms with Gasteiger partial charge in [0.25, 0.3) is 0 Å². The molecule has 0 atom stereocenters. The molecule has 0 fully saturated rings. The fourth-order valence-electron chi connectivity index (χ4n) is 1.90. The first-order valence-corrected chi connectivity index (χ1v) is 7.75. The number of hydrogen-bond acceptors (Lipinski definition) is 6. The molecule has 0 unspecified atom stereocenters. The molecule has 0 saturated heterocycles. The average molecular weight is 344 g/mol. The zero-order chi connectivity index (χ0) is 16.2. The lowest BCUT2D eigenvalue weighted by Gasteiger charge is -2.06. The van der Waals surface area contributed by atoms with Gasteiger partial charge >= 0.3 is 0 Å². The molecule has 0 amide bonds. The third-order valence-corrected chi connectivity index (χ3v) is 4.12. The van der Waals surface area contributed by atoms with Crippen LogP contribution in [0, 0.1) is 11.3 Å². The molecular formula is C15H10ClN5OS. The van der Waals surface area contributed by atoms with Crippen LogP contribution in [-0.2, 0) is 6.54 Å². The molecule has 114 valence electrons. The fourth-order valence-corrected chi connectivity index (χ4v) is 2.86. The highest BCUT2D eigenvalue weighted by atomic mass is 35.5. The molecule has 0 aliphatic heterocycles. The molecule has 0 saturated carbocycles. The van der Waals surface area contributed by atoms with E-state index in [1.54, 1.807) is 30.5 Å². The predicted molar refractivity (Wildman–Crippen MR) is 86.0 cm³/mol. The van der Waals surface area contributed by atoms with Crippen LogP contribution in [0.25, 0.3) is 11.6 Å². The molecule has 23 heavy (non-hydrogen) atoms. The summed E-state index contributed by atoms with van der Waals surface area (Å²) in [4.78, 5) is 4.20. The molecule has 8 heteroatoms. The van der Waals surface area contributed by atoms with E-state index in [0.29, 0.717) is 33.3 Å². The Hall–Kier alpha value is -2.56. The van der Waals surface area contributed by atoms with Crippen molar-refractivity contribution >= 4 is 23.4 Å². The zero-order valence-electron chi connectivity index (χ0n) is 11.8. The number of halogens is 1. The van der Waals surface area contributed by atoms with Crippen LogP contribution in [0.4, 0.5) is 0 Å². The van der Waals surface area contributed by atoms with E-state index in [-0.39, 0.29) is 5.69 Å².